The number of hydrogen-bond acceptors (Lipinski definition) is 5. The van der Waals surface area contributed by atoms with Crippen LogP contribution in [0.25, 0.3) is 0 Å². The number of allylic oxidation sites excluding steroid dienone is 2. The summed E-state index contributed by atoms with van der Waals surface area (Å²) in [7, 11) is -2.61. The number of aromatic carboxylic acids is 1. The summed E-state index contributed by atoms with van der Waals surface area (Å²) in [6.07, 6.45) is 6.27. The molecular formula is C28H40NO5PS. The lowest BCUT2D eigenvalue weighted by molar-refractivity contribution is -0.124. The van der Waals surface area contributed by atoms with Gasteiger partial charge >= 0.3 is 5.97 Å². The Morgan fingerprint density at radius 1 is 1.19 bits per heavy atom. The highest BCUT2D eigenvalue weighted by atomic mass is 32.1. The van der Waals surface area contributed by atoms with Crippen LogP contribution in [0, 0.1) is 29.1 Å². The van der Waals surface area contributed by atoms with Gasteiger partial charge in [-0.1, -0.05) is 30.4 Å². The van der Waals surface area contributed by atoms with Gasteiger partial charge < -0.3 is 14.5 Å². The SMILES string of the molecule is CC1=CCC(C(=O)N(c2cc(C#CC(C)(C)C)sc2C(=O)O)C2CCC(OP(C)(C)=O)CC2)C(C)C1. The van der Waals surface area contributed by atoms with Crippen LogP contribution in [0.15, 0.2) is 17.7 Å². The van der Waals surface area contributed by atoms with Crippen molar-refractivity contribution in [2.24, 2.45) is 17.3 Å². The average molecular weight is 534 g/mol. The van der Waals surface area contributed by atoms with E-state index in [9.17, 15) is 19.3 Å². The van der Waals surface area contributed by atoms with E-state index in [1.54, 1.807) is 24.3 Å². The molecule has 1 aromatic rings. The smallest absolute Gasteiger partial charge is 0.348 e. The van der Waals surface area contributed by atoms with Gasteiger partial charge in [-0.2, -0.15) is 0 Å². The fraction of sp³-hybridized carbons (Fsp3) is 0.643. The van der Waals surface area contributed by atoms with Gasteiger partial charge in [0.15, 0.2) is 7.37 Å². The quantitative estimate of drug-likeness (QED) is 0.241. The molecule has 6 nitrogen and oxygen atoms in total. The van der Waals surface area contributed by atoms with Gasteiger partial charge in [-0.25, -0.2) is 4.79 Å². The summed E-state index contributed by atoms with van der Waals surface area (Å²) < 4.78 is 18.0. The summed E-state index contributed by atoms with van der Waals surface area (Å²) in [6, 6.07) is 1.65. The van der Waals surface area contributed by atoms with Crippen LogP contribution in [0.2, 0.25) is 0 Å². The van der Waals surface area contributed by atoms with E-state index in [0.717, 1.165) is 17.8 Å². The Bertz CT molecular complexity index is 1120. The minimum Gasteiger partial charge on any atom is -0.477 e. The van der Waals surface area contributed by atoms with E-state index in [2.05, 4.69) is 31.8 Å². The van der Waals surface area contributed by atoms with E-state index in [-0.39, 0.29) is 40.2 Å². The van der Waals surface area contributed by atoms with E-state index in [4.69, 9.17) is 4.52 Å². The molecule has 2 aliphatic carbocycles. The molecule has 2 unspecified atom stereocenters. The molecule has 0 aliphatic heterocycles. The molecule has 0 radical (unpaired) electrons. The third kappa shape index (κ3) is 7.57. The van der Waals surface area contributed by atoms with Crippen LogP contribution in [0.4, 0.5) is 5.69 Å². The van der Waals surface area contributed by atoms with Crippen LogP contribution in [-0.2, 0) is 13.9 Å². The number of carbonyl (C=O) groups excluding carboxylic acids is 1. The number of carboxylic acids is 1. The standard InChI is InChI=1S/C28H40NO5PS/c1-18-8-13-23(19(2)16-18)26(30)29(20-9-11-21(12-10-20)34-35(6,7)33)24-17-22(14-15-28(3,4)5)36-25(24)27(31)32/h8,17,19-21,23H,9-13,16H2,1-7H3,(H,31,32). The van der Waals surface area contributed by atoms with E-state index >= 15 is 0 Å². The van der Waals surface area contributed by atoms with Crippen molar-refractivity contribution in [1.82, 2.24) is 0 Å². The number of carbonyl (C=O) groups is 2. The second-order valence-electron chi connectivity index (χ2n) is 11.7. The van der Waals surface area contributed by atoms with Crippen molar-refractivity contribution in [3.63, 3.8) is 0 Å². The molecule has 2 aliphatic rings. The van der Waals surface area contributed by atoms with Crippen molar-refractivity contribution in [1.29, 1.82) is 0 Å². The second-order valence-corrected chi connectivity index (χ2v) is 15.5. The highest BCUT2D eigenvalue weighted by molar-refractivity contribution is 7.57. The van der Waals surface area contributed by atoms with Crippen molar-refractivity contribution in [3.05, 3.63) is 27.5 Å². The minimum atomic E-state index is -2.61. The Kier molecular flexibility index (Phi) is 8.97. The first-order valence-corrected chi connectivity index (χ1v) is 16.1. The van der Waals surface area contributed by atoms with Crippen molar-refractivity contribution in [2.45, 2.75) is 85.3 Å². The number of thiophene rings is 1. The summed E-state index contributed by atoms with van der Waals surface area (Å²) in [5.41, 5.74) is 1.53. The third-order valence-corrected chi connectivity index (χ3v) is 8.58. The number of nitrogens with zero attached hydrogens (tertiary/aromatic N) is 1. The summed E-state index contributed by atoms with van der Waals surface area (Å²) in [6.45, 7) is 13.5. The molecule has 0 aromatic carbocycles. The van der Waals surface area contributed by atoms with Gasteiger partial charge in [-0.15, -0.1) is 11.3 Å². The largest absolute Gasteiger partial charge is 0.477 e. The van der Waals surface area contributed by atoms with Crippen molar-refractivity contribution < 1.29 is 23.8 Å². The molecule has 0 saturated heterocycles. The number of rotatable bonds is 6. The minimum absolute atomic E-state index is 0.0112. The van der Waals surface area contributed by atoms with Crippen LogP contribution in [0.1, 0.15) is 87.7 Å². The Hall–Kier alpha value is -1.87. The van der Waals surface area contributed by atoms with E-state index < -0.39 is 13.3 Å². The predicted molar refractivity (Wildman–Crippen MR) is 147 cm³/mol. The first-order valence-electron chi connectivity index (χ1n) is 12.8. The van der Waals surface area contributed by atoms with E-state index in [1.165, 1.54) is 5.57 Å². The monoisotopic (exact) mass is 533 g/mol. The third-order valence-electron chi connectivity index (χ3n) is 6.74. The molecule has 1 aromatic heterocycles. The molecule has 2 atom stereocenters. The zero-order valence-electron chi connectivity index (χ0n) is 22.6. The topological polar surface area (TPSA) is 83.9 Å². The maximum atomic E-state index is 14.1. The summed E-state index contributed by atoms with van der Waals surface area (Å²) in [4.78, 5) is 29.0. The van der Waals surface area contributed by atoms with Gasteiger partial charge in [0.2, 0.25) is 5.91 Å². The van der Waals surface area contributed by atoms with Gasteiger partial charge in [0, 0.05) is 30.7 Å². The molecule has 8 heteroatoms. The Morgan fingerprint density at radius 2 is 1.83 bits per heavy atom. The molecule has 36 heavy (non-hydrogen) atoms. The predicted octanol–water partition coefficient (Wildman–Crippen LogP) is 7.03. The van der Waals surface area contributed by atoms with Gasteiger partial charge in [0.25, 0.3) is 0 Å². The van der Waals surface area contributed by atoms with Crippen molar-refractivity contribution in [2.75, 3.05) is 18.2 Å². The van der Waals surface area contributed by atoms with E-state index in [1.807, 2.05) is 20.8 Å². The molecular weight excluding hydrogens is 493 g/mol. The Balaban J connectivity index is 2.00. The fourth-order valence-corrected chi connectivity index (χ4v) is 6.87. The second kappa shape index (κ2) is 11.3. The summed E-state index contributed by atoms with van der Waals surface area (Å²) in [5.74, 6) is 5.25. The molecule has 1 N–H and O–H groups in total. The lowest BCUT2D eigenvalue weighted by Gasteiger charge is -2.40. The van der Waals surface area contributed by atoms with Crippen molar-refractivity contribution >= 4 is 36.3 Å². The molecule has 3 rings (SSSR count). The highest BCUT2D eigenvalue weighted by Gasteiger charge is 2.39. The van der Waals surface area contributed by atoms with Gasteiger partial charge in [-0.05, 0) is 78.2 Å². The lowest BCUT2D eigenvalue weighted by Crippen LogP contribution is -2.48. The Morgan fingerprint density at radius 3 is 2.36 bits per heavy atom. The lowest BCUT2D eigenvalue weighted by atomic mass is 9.79. The maximum Gasteiger partial charge on any atom is 0.348 e. The number of hydrogen-bond donors (Lipinski definition) is 1. The molecule has 1 saturated carbocycles. The van der Waals surface area contributed by atoms with Gasteiger partial charge in [0.1, 0.15) is 4.88 Å². The maximum absolute atomic E-state index is 14.1. The molecule has 0 bridgehead atoms. The first kappa shape index (κ1) is 28.7. The molecule has 1 fully saturated rings. The molecule has 1 amide bonds. The normalized spacial score (nSPS) is 24.9. The van der Waals surface area contributed by atoms with E-state index in [0.29, 0.717) is 42.7 Å². The summed E-state index contributed by atoms with van der Waals surface area (Å²) in [5, 5.41) is 10.1. The van der Waals surface area contributed by atoms with Crippen LogP contribution in [-0.4, -0.2) is 42.5 Å². The molecule has 0 spiro atoms. The Labute approximate surface area is 219 Å². The van der Waals surface area contributed by atoms with Crippen LogP contribution in [0.3, 0.4) is 0 Å². The van der Waals surface area contributed by atoms with Crippen LogP contribution in [0.5, 0.6) is 0 Å². The summed E-state index contributed by atoms with van der Waals surface area (Å²) >= 11 is 1.13. The highest BCUT2D eigenvalue weighted by Crippen LogP contribution is 2.44. The van der Waals surface area contributed by atoms with Gasteiger partial charge in [0.05, 0.1) is 16.7 Å². The van der Waals surface area contributed by atoms with Gasteiger partial charge in [-0.3, -0.25) is 9.36 Å². The number of carboxylic acid groups (broad SMARTS) is 1. The average Bonchev–Trinajstić information content (AvgIpc) is 3.16. The van der Waals surface area contributed by atoms with Crippen molar-refractivity contribution in [3.8, 4) is 11.8 Å². The fourth-order valence-electron chi connectivity index (χ4n) is 5.10. The number of anilines is 1. The zero-order valence-corrected chi connectivity index (χ0v) is 24.3. The molecule has 198 valence electrons. The molecule has 1 heterocycles. The van der Waals surface area contributed by atoms with Crippen LogP contribution < -0.4 is 4.90 Å². The first-order chi connectivity index (χ1) is 16.6. The van der Waals surface area contributed by atoms with Crippen LogP contribution >= 0.6 is 18.7 Å². The zero-order chi connectivity index (χ0) is 26.8. The number of amides is 1.